The molecule has 5 nitrogen and oxygen atoms in total. The summed E-state index contributed by atoms with van der Waals surface area (Å²) in [6.45, 7) is 0.623. The van der Waals surface area contributed by atoms with Crippen LogP contribution in [0.5, 0.6) is 0 Å². The summed E-state index contributed by atoms with van der Waals surface area (Å²) in [7, 11) is 0. The Morgan fingerprint density at radius 2 is 2.06 bits per heavy atom. The minimum atomic E-state index is 0.613. The zero-order chi connectivity index (χ0) is 11.5. The van der Waals surface area contributed by atoms with Gasteiger partial charge in [0.05, 0.1) is 12.2 Å². The number of aromatic nitrogens is 4. The second-order valence-corrected chi connectivity index (χ2v) is 3.61. The summed E-state index contributed by atoms with van der Waals surface area (Å²) in [6.07, 6.45) is 3.64. The first-order chi connectivity index (χ1) is 8.42. The Balaban J connectivity index is 1.77. The normalized spacial score (nSPS) is 10.6. The summed E-state index contributed by atoms with van der Waals surface area (Å²) in [5.41, 5.74) is 1.79. The molecule has 0 aromatic carbocycles. The van der Waals surface area contributed by atoms with Gasteiger partial charge >= 0.3 is 0 Å². The van der Waals surface area contributed by atoms with E-state index >= 15 is 0 Å². The molecule has 3 rings (SSSR count). The highest BCUT2D eigenvalue weighted by atomic mass is 15.3. The molecule has 0 unspecified atom stereocenters. The molecular formula is C12H11N5. The molecule has 0 radical (unpaired) electrons. The van der Waals surface area contributed by atoms with Crippen LogP contribution < -0.4 is 5.32 Å². The Morgan fingerprint density at radius 1 is 1.12 bits per heavy atom. The van der Waals surface area contributed by atoms with E-state index in [0.29, 0.717) is 12.5 Å². The predicted molar refractivity (Wildman–Crippen MR) is 64.6 cm³/mol. The zero-order valence-electron chi connectivity index (χ0n) is 9.11. The van der Waals surface area contributed by atoms with Crippen molar-refractivity contribution in [2.75, 3.05) is 5.32 Å². The van der Waals surface area contributed by atoms with E-state index in [0.717, 1.165) is 11.3 Å². The highest BCUT2D eigenvalue weighted by Gasteiger charge is 2.01. The Hall–Kier alpha value is -2.43. The standard InChI is InChI=1S/C12H11N5/c1-3-7-13-10(5-1)9-14-12-15-11-6-2-4-8-17(11)16-12/h1-8H,9H2,(H,14,16). The second kappa shape index (κ2) is 4.21. The smallest absolute Gasteiger partial charge is 0.243 e. The van der Waals surface area contributed by atoms with Gasteiger partial charge in [0, 0.05) is 12.4 Å². The number of anilines is 1. The van der Waals surface area contributed by atoms with Crippen LogP contribution in [-0.4, -0.2) is 19.6 Å². The minimum absolute atomic E-state index is 0.613. The van der Waals surface area contributed by atoms with Crippen molar-refractivity contribution in [1.29, 1.82) is 0 Å². The molecule has 0 saturated heterocycles. The van der Waals surface area contributed by atoms with Gasteiger partial charge in [-0.3, -0.25) is 4.98 Å². The molecule has 5 heteroatoms. The van der Waals surface area contributed by atoms with Gasteiger partial charge < -0.3 is 5.32 Å². The lowest BCUT2D eigenvalue weighted by atomic mass is 10.3. The van der Waals surface area contributed by atoms with E-state index in [-0.39, 0.29) is 0 Å². The van der Waals surface area contributed by atoms with Crippen LogP contribution in [0.3, 0.4) is 0 Å². The average molecular weight is 225 g/mol. The lowest BCUT2D eigenvalue weighted by Gasteiger charge is -1.99. The fourth-order valence-corrected chi connectivity index (χ4v) is 1.58. The number of hydrogen-bond donors (Lipinski definition) is 1. The summed E-state index contributed by atoms with van der Waals surface area (Å²) in [6, 6.07) is 11.6. The quantitative estimate of drug-likeness (QED) is 0.737. The maximum Gasteiger partial charge on any atom is 0.243 e. The maximum atomic E-state index is 4.34. The molecule has 0 aliphatic heterocycles. The third kappa shape index (κ3) is 2.08. The Labute approximate surface area is 98.1 Å². The lowest BCUT2D eigenvalue weighted by molar-refractivity contribution is 0.941. The molecule has 0 spiro atoms. The first kappa shape index (κ1) is 9.77. The van der Waals surface area contributed by atoms with Crippen LogP contribution in [-0.2, 0) is 6.54 Å². The van der Waals surface area contributed by atoms with Gasteiger partial charge in [-0.25, -0.2) is 4.52 Å². The summed E-state index contributed by atoms with van der Waals surface area (Å²) >= 11 is 0. The largest absolute Gasteiger partial charge is 0.347 e. The second-order valence-electron chi connectivity index (χ2n) is 3.61. The topological polar surface area (TPSA) is 55.1 Å². The van der Waals surface area contributed by atoms with Gasteiger partial charge in [-0.2, -0.15) is 4.98 Å². The van der Waals surface area contributed by atoms with Gasteiger partial charge in [0.15, 0.2) is 5.65 Å². The molecule has 0 atom stereocenters. The summed E-state index contributed by atoms with van der Waals surface area (Å²) in [5.74, 6) is 0.613. The van der Waals surface area contributed by atoms with Gasteiger partial charge in [-0.15, -0.1) is 5.10 Å². The number of nitrogens with one attached hydrogen (secondary N) is 1. The third-order valence-electron chi connectivity index (χ3n) is 2.40. The molecule has 0 fully saturated rings. The molecule has 84 valence electrons. The van der Waals surface area contributed by atoms with E-state index in [4.69, 9.17) is 0 Å². The van der Waals surface area contributed by atoms with Crippen LogP contribution in [0.25, 0.3) is 5.65 Å². The molecule has 0 aliphatic carbocycles. The van der Waals surface area contributed by atoms with Gasteiger partial charge in [0.2, 0.25) is 5.95 Å². The van der Waals surface area contributed by atoms with Gasteiger partial charge in [0.1, 0.15) is 0 Å². The van der Waals surface area contributed by atoms with Crippen molar-refractivity contribution < 1.29 is 0 Å². The van der Waals surface area contributed by atoms with Crippen LogP contribution in [0, 0.1) is 0 Å². The van der Waals surface area contributed by atoms with E-state index in [1.54, 1.807) is 10.7 Å². The van der Waals surface area contributed by atoms with E-state index in [9.17, 15) is 0 Å². The van der Waals surface area contributed by atoms with Crippen molar-refractivity contribution >= 4 is 11.6 Å². The zero-order valence-corrected chi connectivity index (χ0v) is 9.11. The maximum absolute atomic E-state index is 4.34. The SMILES string of the molecule is c1ccc(CNc2nc3ccccn3n2)nc1. The van der Waals surface area contributed by atoms with Crippen LogP contribution in [0.15, 0.2) is 48.8 Å². The molecule has 3 aromatic rings. The number of rotatable bonds is 3. The van der Waals surface area contributed by atoms with Crippen molar-refractivity contribution in [3.8, 4) is 0 Å². The molecule has 3 heterocycles. The lowest BCUT2D eigenvalue weighted by Crippen LogP contribution is -2.02. The number of hydrogen-bond acceptors (Lipinski definition) is 4. The predicted octanol–water partition coefficient (Wildman–Crippen LogP) is 1.74. The van der Waals surface area contributed by atoms with E-state index in [1.807, 2.05) is 42.6 Å². The number of nitrogens with zero attached hydrogens (tertiary/aromatic N) is 4. The van der Waals surface area contributed by atoms with Gasteiger partial charge in [0.25, 0.3) is 0 Å². The van der Waals surface area contributed by atoms with Crippen molar-refractivity contribution in [2.45, 2.75) is 6.54 Å². The van der Waals surface area contributed by atoms with Crippen molar-refractivity contribution in [3.05, 3.63) is 54.5 Å². The first-order valence-electron chi connectivity index (χ1n) is 5.37. The van der Waals surface area contributed by atoms with Crippen LogP contribution >= 0.6 is 0 Å². The minimum Gasteiger partial charge on any atom is -0.347 e. The number of pyridine rings is 2. The number of fused-ring (bicyclic) bond motifs is 1. The third-order valence-corrected chi connectivity index (χ3v) is 2.40. The summed E-state index contributed by atoms with van der Waals surface area (Å²) < 4.78 is 1.74. The Bertz CT molecular complexity index is 584. The van der Waals surface area contributed by atoms with Crippen molar-refractivity contribution in [1.82, 2.24) is 19.6 Å². The molecule has 0 saturated carbocycles. The van der Waals surface area contributed by atoms with Crippen LogP contribution in [0.1, 0.15) is 5.69 Å². The highest BCUT2D eigenvalue weighted by molar-refractivity contribution is 5.42. The van der Waals surface area contributed by atoms with Crippen molar-refractivity contribution in [3.63, 3.8) is 0 Å². The molecular weight excluding hydrogens is 214 g/mol. The van der Waals surface area contributed by atoms with Gasteiger partial charge in [-0.05, 0) is 24.3 Å². The van der Waals surface area contributed by atoms with Gasteiger partial charge in [-0.1, -0.05) is 12.1 Å². The highest BCUT2D eigenvalue weighted by Crippen LogP contribution is 2.05. The molecule has 17 heavy (non-hydrogen) atoms. The average Bonchev–Trinajstić information content (AvgIpc) is 2.80. The molecule has 0 amide bonds. The van der Waals surface area contributed by atoms with Crippen LogP contribution in [0.2, 0.25) is 0 Å². The van der Waals surface area contributed by atoms with E-state index in [2.05, 4.69) is 20.4 Å². The van der Waals surface area contributed by atoms with Crippen LogP contribution in [0.4, 0.5) is 5.95 Å². The summed E-state index contributed by atoms with van der Waals surface area (Å²) in [4.78, 5) is 8.56. The fraction of sp³-hybridized carbons (Fsp3) is 0.0833. The fourth-order valence-electron chi connectivity index (χ4n) is 1.58. The van der Waals surface area contributed by atoms with Crippen molar-refractivity contribution in [2.24, 2.45) is 0 Å². The van der Waals surface area contributed by atoms with E-state index in [1.165, 1.54) is 0 Å². The monoisotopic (exact) mass is 225 g/mol. The van der Waals surface area contributed by atoms with E-state index < -0.39 is 0 Å². The molecule has 3 aromatic heterocycles. The Kier molecular flexibility index (Phi) is 2.42. The summed E-state index contributed by atoms with van der Waals surface area (Å²) in [5, 5.41) is 7.44. The molecule has 0 bridgehead atoms. The molecule has 0 aliphatic rings. The Morgan fingerprint density at radius 3 is 2.88 bits per heavy atom. The molecule has 1 N–H and O–H groups in total. The first-order valence-corrected chi connectivity index (χ1v) is 5.37.